The van der Waals surface area contributed by atoms with Crippen LogP contribution in [0.4, 0.5) is 5.69 Å². The van der Waals surface area contributed by atoms with Gasteiger partial charge in [-0.3, -0.25) is 0 Å². The zero-order chi connectivity index (χ0) is 11.1. The van der Waals surface area contributed by atoms with Gasteiger partial charge in [-0.05, 0) is 28.1 Å². The van der Waals surface area contributed by atoms with E-state index in [-0.39, 0.29) is 0 Å². The summed E-state index contributed by atoms with van der Waals surface area (Å²) in [5.74, 6) is 0. The summed E-state index contributed by atoms with van der Waals surface area (Å²) in [6.07, 6.45) is 3.59. The van der Waals surface area contributed by atoms with Crippen LogP contribution in [0, 0.1) is 0 Å². The monoisotopic (exact) mass is 294 g/mol. The number of benzene rings is 1. The molecule has 6 heteroatoms. The van der Waals surface area contributed by atoms with Crippen molar-refractivity contribution in [2.24, 2.45) is 0 Å². The number of thiazole rings is 1. The van der Waals surface area contributed by atoms with Crippen molar-refractivity contribution in [2.45, 2.75) is 0 Å². The van der Waals surface area contributed by atoms with E-state index < -0.39 is 0 Å². The van der Waals surface area contributed by atoms with Gasteiger partial charge in [-0.2, -0.15) is 5.10 Å². The lowest BCUT2D eigenvalue weighted by molar-refractivity contribution is 0.884. The highest BCUT2D eigenvalue weighted by Crippen LogP contribution is 2.29. The molecule has 1 aromatic carbocycles. The zero-order valence-electron chi connectivity index (χ0n) is 8.09. The molecule has 0 atom stereocenters. The molecular weight excluding hydrogens is 288 g/mol. The largest absolute Gasteiger partial charge is 0.395 e. The highest BCUT2D eigenvalue weighted by atomic mass is 79.9. The van der Waals surface area contributed by atoms with Crippen molar-refractivity contribution in [3.05, 3.63) is 34.5 Å². The van der Waals surface area contributed by atoms with Gasteiger partial charge in [-0.15, -0.1) is 11.3 Å². The molecule has 0 radical (unpaired) electrons. The minimum absolute atomic E-state index is 0.661. The average Bonchev–Trinajstić information content (AvgIpc) is 2.87. The Hall–Kier alpha value is -1.40. The molecule has 16 heavy (non-hydrogen) atoms. The second-order valence-corrected chi connectivity index (χ2v) is 5.10. The number of anilines is 1. The fraction of sp³-hybridized carbons (Fsp3) is 0. The van der Waals surface area contributed by atoms with Gasteiger partial charge < -0.3 is 5.73 Å². The Bertz CT molecular complexity index is 658. The van der Waals surface area contributed by atoms with E-state index in [1.165, 1.54) is 0 Å². The first kappa shape index (κ1) is 9.80. The van der Waals surface area contributed by atoms with E-state index in [0.29, 0.717) is 5.69 Å². The number of rotatable bonds is 1. The van der Waals surface area contributed by atoms with Crippen molar-refractivity contribution in [3.8, 4) is 5.69 Å². The zero-order valence-corrected chi connectivity index (χ0v) is 10.5. The van der Waals surface area contributed by atoms with Gasteiger partial charge in [0, 0.05) is 6.20 Å². The molecule has 3 rings (SSSR count). The first-order valence-electron chi connectivity index (χ1n) is 4.58. The summed E-state index contributed by atoms with van der Waals surface area (Å²) < 4.78 is 3.75. The lowest BCUT2D eigenvalue weighted by Gasteiger charge is -2.05. The molecule has 0 unspecified atom stereocenters. The molecule has 0 bridgehead atoms. The Morgan fingerprint density at radius 1 is 1.38 bits per heavy atom. The van der Waals surface area contributed by atoms with Gasteiger partial charge in [0.15, 0.2) is 0 Å². The molecule has 0 aliphatic rings. The fourth-order valence-corrected chi connectivity index (χ4v) is 2.55. The SMILES string of the molecule is Nc1c(-n2cc(Br)cn2)ccc2scnc12. The van der Waals surface area contributed by atoms with E-state index in [0.717, 1.165) is 20.4 Å². The van der Waals surface area contributed by atoms with Crippen LogP contribution in [0.25, 0.3) is 15.9 Å². The topological polar surface area (TPSA) is 56.7 Å². The van der Waals surface area contributed by atoms with Crippen molar-refractivity contribution in [3.63, 3.8) is 0 Å². The van der Waals surface area contributed by atoms with Crippen LogP contribution in [0.15, 0.2) is 34.5 Å². The molecule has 2 aromatic heterocycles. The van der Waals surface area contributed by atoms with Crippen molar-refractivity contribution >= 4 is 43.2 Å². The van der Waals surface area contributed by atoms with E-state index in [4.69, 9.17) is 5.73 Å². The number of nitrogen functional groups attached to an aromatic ring is 1. The molecule has 0 aliphatic heterocycles. The number of nitrogens with two attached hydrogens (primary N) is 1. The second-order valence-electron chi connectivity index (χ2n) is 3.30. The van der Waals surface area contributed by atoms with Crippen LogP contribution < -0.4 is 5.73 Å². The van der Waals surface area contributed by atoms with Gasteiger partial charge in [-0.1, -0.05) is 0 Å². The van der Waals surface area contributed by atoms with E-state index in [1.807, 2.05) is 18.3 Å². The van der Waals surface area contributed by atoms with Gasteiger partial charge in [0.05, 0.1) is 32.3 Å². The molecule has 0 aliphatic carbocycles. The van der Waals surface area contributed by atoms with E-state index >= 15 is 0 Å². The van der Waals surface area contributed by atoms with E-state index in [2.05, 4.69) is 26.0 Å². The standard InChI is InChI=1S/C10H7BrN4S/c11-6-3-14-15(4-6)7-1-2-8-10(9(7)12)13-5-16-8/h1-5H,12H2. The number of hydrogen-bond acceptors (Lipinski definition) is 4. The molecule has 0 saturated carbocycles. The Kier molecular flexibility index (Phi) is 2.19. The molecule has 0 amide bonds. The lowest BCUT2D eigenvalue weighted by Crippen LogP contribution is -2.00. The Morgan fingerprint density at radius 2 is 2.25 bits per heavy atom. The van der Waals surface area contributed by atoms with Gasteiger partial charge in [0.1, 0.15) is 5.52 Å². The first-order valence-corrected chi connectivity index (χ1v) is 6.25. The van der Waals surface area contributed by atoms with Crippen LogP contribution in [0.2, 0.25) is 0 Å². The van der Waals surface area contributed by atoms with Crippen LogP contribution in [0.3, 0.4) is 0 Å². The smallest absolute Gasteiger partial charge is 0.106 e. The lowest BCUT2D eigenvalue weighted by atomic mass is 10.2. The van der Waals surface area contributed by atoms with Crippen molar-refractivity contribution in [2.75, 3.05) is 5.73 Å². The first-order chi connectivity index (χ1) is 7.75. The van der Waals surface area contributed by atoms with E-state index in [9.17, 15) is 0 Å². The number of hydrogen-bond donors (Lipinski definition) is 1. The van der Waals surface area contributed by atoms with Crippen LogP contribution in [0.5, 0.6) is 0 Å². The quantitative estimate of drug-likeness (QED) is 0.702. The molecule has 4 nitrogen and oxygen atoms in total. The van der Waals surface area contributed by atoms with Gasteiger partial charge in [0.2, 0.25) is 0 Å². The van der Waals surface area contributed by atoms with Gasteiger partial charge in [-0.25, -0.2) is 9.67 Å². The summed E-state index contributed by atoms with van der Waals surface area (Å²) in [6.45, 7) is 0. The Balaban J connectivity index is 2.27. The number of aromatic nitrogens is 3. The minimum Gasteiger partial charge on any atom is -0.395 e. The summed E-state index contributed by atoms with van der Waals surface area (Å²) in [5.41, 5.74) is 10.2. The third-order valence-corrected chi connectivity index (χ3v) is 3.52. The van der Waals surface area contributed by atoms with Gasteiger partial charge >= 0.3 is 0 Å². The third-order valence-electron chi connectivity index (χ3n) is 2.32. The summed E-state index contributed by atoms with van der Waals surface area (Å²) in [6, 6.07) is 3.96. The maximum Gasteiger partial charge on any atom is 0.106 e. The predicted octanol–water partition coefficient (Wildman–Crippen LogP) is 2.83. The molecule has 0 saturated heterocycles. The second kappa shape index (κ2) is 3.57. The number of nitrogens with zero attached hydrogens (tertiary/aromatic N) is 3. The highest BCUT2D eigenvalue weighted by Gasteiger charge is 2.09. The van der Waals surface area contributed by atoms with Crippen LogP contribution >= 0.6 is 27.3 Å². The highest BCUT2D eigenvalue weighted by molar-refractivity contribution is 9.10. The van der Waals surface area contributed by atoms with Crippen molar-refractivity contribution < 1.29 is 0 Å². The van der Waals surface area contributed by atoms with Crippen molar-refractivity contribution in [1.82, 2.24) is 14.8 Å². The van der Waals surface area contributed by atoms with Crippen molar-refractivity contribution in [1.29, 1.82) is 0 Å². The molecule has 2 N–H and O–H groups in total. The van der Waals surface area contributed by atoms with Crippen LogP contribution in [-0.2, 0) is 0 Å². The third kappa shape index (κ3) is 1.42. The molecular formula is C10H7BrN4S. The summed E-state index contributed by atoms with van der Waals surface area (Å²) in [5, 5.41) is 4.20. The molecule has 2 heterocycles. The molecule has 0 spiro atoms. The number of halogens is 1. The maximum atomic E-state index is 6.07. The molecule has 3 aromatic rings. The Labute approximate surface area is 104 Å². The molecule has 0 fully saturated rings. The normalized spacial score (nSPS) is 11.1. The minimum atomic E-state index is 0.661. The van der Waals surface area contributed by atoms with Crippen LogP contribution in [0.1, 0.15) is 0 Å². The average molecular weight is 295 g/mol. The summed E-state index contributed by atoms with van der Waals surface area (Å²) >= 11 is 4.94. The maximum absolute atomic E-state index is 6.07. The predicted molar refractivity (Wildman–Crippen MR) is 68.9 cm³/mol. The number of fused-ring (bicyclic) bond motifs is 1. The van der Waals surface area contributed by atoms with Crippen LogP contribution in [-0.4, -0.2) is 14.8 Å². The summed E-state index contributed by atoms with van der Waals surface area (Å²) in [4.78, 5) is 4.25. The Morgan fingerprint density at radius 3 is 3.00 bits per heavy atom. The molecule has 80 valence electrons. The van der Waals surface area contributed by atoms with Gasteiger partial charge in [0.25, 0.3) is 0 Å². The fourth-order valence-electron chi connectivity index (χ4n) is 1.57. The summed E-state index contributed by atoms with van der Waals surface area (Å²) in [7, 11) is 0. The van der Waals surface area contributed by atoms with E-state index in [1.54, 1.807) is 27.7 Å².